The van der Waals surface area contributed by atoms with Gasteiger partial charge in [-0.25, -0.2) is 13.9 Å². The third kappa shape index (κ3) is 3.42. The van der Waals surface area contributed by atoms with E-state index in [1.807, 2.05) is 0 Å². The zero-order valence-corrected chi connectivity index (χ0v) is 13.7. The van der Waals surface area contributed by atoms with Crippen LogP contribution in [-0.2, 0) is 13.8 Å². The summed E-state index contributed by atoms with van der Waals surface area (Å²) in [6.45, 7) is -0.687. The molecule has 2 aromatic heterocycles. The largest absolute Gasteiger partial charge is 0.469 e. The fourth-order valence-electron chi connectivity index (χ4n) is 2.53. The highest BCUT2D eigenvalue weighted by Gasteiger charge is 2.46. The van der Waals surface area contributed by atoms with Crippen molar-refractivity contribution in [3.8, 4) is 0 Å². The first-order valence-electron chi connectivity index (χ1n) is 7.06. The van der Waals surface area contributed by atoms with Crippen LogP contribution in [0.5, 0.6) is 0 Å². The number of nitrogens with zero attached hydrogens (tertiary/aromatic N) is 4. The van der Waals surface area contributed by atoms with Gasteiger partial charge >= 0.3 is 7.82 Å². The van der Waals surface area contributed by atoms with Crippen LogP contribution in [0.1, 0.15) is 6.23 Å². The van der Waals surface area contributed by atoms with Crippen molar-refractivity contribution in [2.75, 3.05) is 24.7 Å². The Bertz CT molecular complexity index is 829. The summed E-state index contributed by atoms with van der Waals surface area (Å²) in [4.78, 5) is 29.5. The van der Waals surface area contributed by atoms with E-state index >= 15 is 0 Å². The number of aromatic nitrogens is 4. The highest BCUT2D eigenvalue weighted by molar-refractivity contribution is 7.46. The third-order valence-corrected chi connectivity index (χ3v) is 4.14. The first-order chi connectivity index (χ1) is 11.7. The first-order valence-corrected chi connectivity index (χ1v) is 8.60. The number of nitrogens with one attached hydrogen (secondary N) is 1. The number of aliphatic hydroxyl groups excluding tert-OH is 1. The van der Waals surface area contributed by atoms with Crippen LogP contribution in [0.25, 0.3) is 11.2 Å². The quantitative estimate of drug-likeness (QED) is 0.410. The van der Waals surface area contributed by atoms with Gasteiger partial charge in [0.25, 0.3) is 0 Å². The lowest BCUT2D eigenvalue weighted by Gasteiger charge is -2.16. The number of anilines is 2. The topological polar surface area (TPSA) is 178 Å². The van der Waals surface area contributed by atoms with Crippen LogP contribution in [0, 0.1) is 0 Å². The minimum Gasteiger partial charge on any atom is -0.387 e. The van der Waals surface area contributed by atoms with E-state index in [1.165, 1.54) is 10.9 Å². The normalized spacial score (nSPS) is 27.1. The lowest BCUT2D eigenvalue weighted by atomic mass is 10.1. The van der Waals surface area contributed by atoms with Gasteiger partial charge in [0.1, 0.15) is 12.2 Å². The molecular formula is C11H16FN6O6P. The predicted octanol–water partition coefficient (Wildman–Crippen LogP) is -0.844. The average Bonchev–Trinajstić information content (AvgIpc) is 3.06. The molecule has 0 radical (unpaired) electrons. The van der Waals surface area contributed by atoms with Crippen LogP contribution in [0.3, 0.4) is 0 Å². The Morgan fingerprint density at radius 2 is 2.24 bits per heavy atom. The standard InChI is InChI=1S/C11H16FN6O6P/c1-14-8-6-9(17-11(13)16-8)18(3-15-6)10-5(12)7(19)4(24-10)2-23-25(20,21)22/h3-5,7,10,19H,2H2,1H3,(H2,20,21,22)(H3,13,14,16,17)/t4-,5-,7-,10-/m1/s1. The van der Waals surface area contributed by atoms with E-state index in [0.29, 0.717) is 11.3 Å². The van der Waals surface area contributed by atoms with Gasteiger partial charge in [0.2, 0.25) is 5.95 Å². The minimum absolute atomic E-state index is 0.0751. The molecule has 138 valence electrons. The van der Waals surface area contributed by atoms with Crippen molar-refractivity contribution < 1.29 is 33.1 Å². The average molecular weight is 378 g/mol. The first kappa shape index (κ1) is 17.9. The number of rotatable bonds is 5. The molecular weight excluding hydrogens is 362 g/mol. The van der Waals surface area contributed by atoms with Crippen molar-refractivity contribution in [3.05, 3.63) is 6.33 Å². The summed E-state index contributed by atoms with van der Waals surface area (Å²) in [6, 6.07) is 0. The number of hydrogen-bond donors (Lipinski definition) is 5. The lowest BCUT2D eigenvalue weighted by Crippen LogP contribution is -2.31. The van der Waals surface area contributed by atoms with Gasteiger partial charge in [-0.2, -0.15) is 9.97 Å². The number of aliphatic hydroxyl groups is 1. The van der Waals surface area contributed by atoms with Crippen LogP contribution >= 0.6 is 7.82 Å². The zero-order valence-electron chi connectivity index (χ0n) is 12.9. The number of phosphoric ester groups is 1. The zero-order chi connectivity index (χ0) is 18.4. The van der Waals surface area contributed by atoms with Crippen LogP contribution < -0.4 is 11.1 Å². The number of halogens is 1. The molecule has 0 aliphatic carbocycles. The number of nitrogens with two attached hydrogens (primary N) is 1. The molecule has 2 aromatic rings. The number of fused-ring (bicyclic) bond motifs is 1. The summed E-state index contributed by atoms with van der Waals surface area (Å²) >= 11 is 0. The van der Waals surface area contributed by atoms with Crippen molar-refractivity contribution in [3.63, 3.8) is 0 Å². The SMILES string of the molecule is CNc1nc(N)nc2c1ncn2[C@@H]1O[C@H](COP(=O)(O)O)[C@@H](O)[C@H]1F. The van der Waals surface area contributed by atoms with Gasteiger partial charge in [0.15, 0.2) is 29.4 Å². The van der Waals surface area contributed by atoms with E-state index in [0.717, 1.165) is 0 Å². The Morgan fingerprint density at radius 1 is 1.52 bits per heavy atom. The number of imidazole rings is 1. The van der Waals surface area contributed by atoms with Crippen molar-refractivity contribution in [1.82, 2.24) is 19.5 Å². The molecule has 0 bridgehead atoms. The van der Waals surface area contributed by atoms with Gasteiger partial charge < -0.3 is 30.7 Å². The summed E-state index contributed by atoms with van der Waals surface area (Å²) in [5, 5.41) is 12.7. The lowest BCUT2D eigenvalue weighted by molar-refractivity contribution is -0.0451. The molecule has 6 N–H and O–H groups in total. The van der Waals surface area contributed by atoms with E-state index < -0.39 is 39.0 Å². The Morgan fingerprint density at radius 3 is 2.88 bits per heavy atom. The highest BCUT2D eigenvalue weighted by Crippen LogP contribution is 2.39. The number of alkyl halides is 1. The second-order valence-electron chi connectivity index (χ2n) is 5.29. The Balaban J connectivity index is 1.90. The second-order valence-corrected chi connectivity index (χ2v) is 6.53. The Kier molecular flexibility index (Phi) is 4.62. The molecule has 0 amide bonds. The Hall–Kier alpha value is -1.89. The second kappa shape index (κ2) is 6.44. The van der Waals surface area contributed by atoms with Gasteiger partial charge in [-0.15, -0.1) is 0 Å². The van der Waals surface area contributed by atoms with Gasteiger partial charge in [0.05, 0.1) is 12.9 Å². The molecule has 4 atom stereocenters. The molecule has 12 nitrogen and oxygen atoms in total. The molecule has 25 heavy (non-hydrogen) atoms. The number of nitrogen functional groups attached to an aromatic ring is 1. The monoisotopic (exact) mass is 378 g/mol. The summed E-state index contributed by atoms with van der Waals surface area (Å²) in [7, 11) is -3.18. The Labute approximate surface area is 140 Å². The summed E-state index contributed by atoms with van der Waals surface area (Å²) in [5.74, 6) is 0.255. The summed E-state index contributed by atoms with van der Waals surface area (Å²) in [5.41, 5.74) is 6.11. The van der Waals surface area contributed by atoms with Crippen LogP contribution in [0.15, 0.2) is 6.33 Å². The molecule has 1 aliphatic rings. The van der Waals surface area contributed by atoms with Gasteiger partial charge in [-0.05, 0) is 0 Å². The molecule has 1 saturated heterocycles. The smallest absolute Gasteiger partial charge is 0.387 e. The predicted molar refractivity (Wildman–Crippen MR) is 82.1 cm³/mol. The minimum atomic E-state index is -4.78. The summed E-state index contributed by atoms with van der Waals surface area (Å²) < 4.78 is 36.1. The van der Waals surface area contributed by atoms with E-state index in [4.69, 9.17) is 20.3 Å². The van der Waals surface area contributed by atoms with Crippen molar-refractivity contribution in [1.29, 1.82) is 0 Å². The molecule has 3 heterocycles. The maximum absolute atomic E-state index is 14.5. The van der Waals surface area contributed by atoms with Crippen LogP contribution in [0.4, 0.5) is 16.2 Å². The highest BCUT2D eigenvalue weighted by atomic mass is 31.2. The van der Waals surface area contributed by atoms with E-state index in [1.54, 1.807) is 7.05 Å². The summed E-state index contributed by atoms with van der Waals surface area (Å²) in [6.07, 6.45) is -4.93. The van der Waals surface area contributed by atoms with Gasteiger partial charge in [-0.3, -0.25) is 9.09 Å². The fourth-order valence-corrected chi connectivity index (χ4v) is 2.87. The van der Waals surface area contributed by atoms with E-state index in [-0.39, 0.29) is 11.6 Å². The van der Waals surface area contributed by atoms with Crippen LogP contribution in [-0.4, -0.2) is 66.4 Å². The molecule has 0 unspecified atom stereocenters. The van der Waals surface area contributed by atoms with Crippen molar-refractivity contribution in [2.45, 2.75) is 24.6 Å². The number of hydrogen-bond acceptors (Lipinski definition) is 9. The molecule has 14 heteroatoms. The van der Waals surface area contributed by atoms with Gasteiger partial charge in [0, 0.05) is 7.05 Å². The van der Waals surface area contributed by atoms with E-state index in [9.17, 15) is 14.1 Å². The number of ether oxygens (including phenoxy) is 1. The molecule has 0 saturated carbocycles. The maximum Gasteiger partial charge on any atom is 0.469 e. The number of phosphoric acid groups is 1. The van der Waals surface area contributed by atoms with Gasteiger partial charge in [-0.1, -0.05) is 0 Å². The van der Waals surface area contributed by atoms with E-state index in [2.05, 4.69) is 24.8 Å². The van der Waals surface area contributed by atoms with Crippen molar-refractivity contribution in [2.24, 2.45) is 0 Å². The molecule has 0 aromatic carbocycles. The van der Waals surface area contributed by atoms with Crippen molar-refractivity contribution >= 4 is 30.8 Å². The molecule has 3 rings (SSSR count). The third-order valence-electron chi connectivity index (χ3n) is 3.65. The molecule has 1 aliphatic heterocycles. The maximum atomic E-state index is 14.5. The molecule has 1 fully saturated rings. The fraction of sp³-hybridized carbons (Fsp3) is 0.545. The van der Waals surface area contributed by atoms with Crippen LogP contribution in [0.2, 0.25) is 0 Å². The molecule has 0 spiro atoms.